The van der Waals surface area contributed by atoms with E-state index in [0.717, 1.165) is 6.07 Å². The van der Waals surface area contributed by atoms with Crippen molar-refractivity contribution in [1.29, 1.82) is 0 Å². The zero-order chi connectivity index (χ0) is 15.8. The standard InChI is InChI=1S/C15H11Cl4FO/c1-15(21,7-8-10(16)3-2-4-11(8)17)9-5-14(20)13(19)6-12(9)18/h2-6,21H,7H2,1H3. The molecule has 0 saturated heterocycles. The van der Waals surface area contributed by atoms with Crippen LogP contribution in [0.1, 0.15) is 18.1 Å². The Bertz CT molecular complexity index is 665. The van der Waals surface area contributed by atoms with Crippen molar-refractivity contribution in [2.24, 2.45) is 0 Å². The van der Waals surface area contributed by atoms with E-state index in [2.05, 4.69) is 0 Å². The highest BCUT2D eigenvalue weighted by Crippen LogP contribution is 2.37. The Labute approximate surface area is 142 Å². The van der Waals surface area contributed by atoms with Crippen LogP contribution in [-0.4, -0.2) is 5.11 Å². The first kappa shape index (κ1) is 16.9. The molecule has 0 spiro atoms. The third-order valence-corrected chi connectivity index (χ3v) is 4.48. The highest BCUT2D eigenvalue weighted by molar-refractivity contribution is 6.36. The molecule has 112 valence electrons. The van der Waals surface area contributed by atoms with Crippen LogP contribution in [0.25, 0.3) is 0 Å². The molecule has 0 aromatic heterocycles. The molecule has 1 unspecified atom stereocenters. The van der Waals surface area contributed by atoms with Crippen molar-refractivity contribution in [3.05, 3.63) is 67.4 Å². The highest BCUT2D eigenvalue weighted by Gasteiger charge is 2.29. The van der Waals surface area contributed by atoms with Gasteiger partial charge in [0, 0.05) is 27.1 Å². The second-order valence-corrected chi connectivity index (χ2v) is 6.53. The van der Waals surface area contributed by atoms with E-state index in [4.69, 9.17) is 46.4 Å². The van der Waals surface area contributed by atoms with Crippen molar-refractivity contribution >= 4 is 46.4 Å². The molecule has 1 atom stereocenters. The topological polar surface area (TPSA) is 20.2 Å². The van der Waals surface area contributed by atoms with E-state index >= 15 is 0 Å². The van der Waals surface area contributed by atoms with Crippen LogP contribution in [0, 0.1) is 5.82 Å². The summed E-state index contributed by atoms with van der Waals surface area (Å²) in [5.41, 5.74) is -0.656. The number of hydrogen-bond donors (Lipinski definition) is 1. The average molecular weight is 368 g/mol. The summed E-state index contributed by atoms with van der Waals surface area (Å²) in [5, 5.41) is 11.6. The van der Waals surface area contributed by atoms with E-state index in [9.17, 15) is 9.50 Å². The van der Waals surface area contributed by atoms with Crippen molar-refractivity contribution in [2.75, 3.05) is 0 Å². The smallest absolute Gasteiger partial charge is 0.142 e. The predicted octanol–water partition coefficient (Wildman–Crippen LogP) is 5.89. The molecule has 2 aromatic rings. The van der Waals surface area contributed by atoms with Gasteiger partial charge in [0.2, 0.25) is 0 Å². The first-order valence-corrected chi connectivity index (χ1v) is 7.54. The van der Waals surface area contributed by atoms with Gasteiger partial charge < -0.3 is 5.11 Å². The minimum atomic E-state index is -1.45. The first-order valence-electron chi connectivity index (χ1n) is 6.02. The highest BCUT2D eigenvalue weighted by atomic mass is 35.5. The van der Waals surface area contributed by atoms with Gasteiger partial charge in [0.15, 0.2) is 0 Å². The summed E-state index contributed by atoms with van der Waals surface area (Å²) in [7, 11) is 0. The Balaban J connectivity index is 2.45. The van der Waals surface area contributed by atoms with Crippen LogP contribution in [0.15, 0.2) is 30.3 Å². The van der Waals surface area contributed by atoms with E-state index in [0.29, 0.717) is 15.6 Å². The van der Waals surface area contributed by atoms with E-state index in [1.165, 1.54) is 13.0 Å². The van der Waals surface area contributed by atoms with Crippen LogP contribution in [-0.2, 0) is 12.0 Å². The van der Waals surface area contributed by atoms with Gasteiger partial charge >= 0.3 is 0 Å². The number of rotatable bonds is 3. The molecule has 0 aliphatic carbocycles. The van der Waals surface area contributed by atoms with Crippen molar-refractivity contribution in [2.45, 2.75) is 18.9 Å². The lowest BCUT2D eigenvalue weighted by molar-refractivity contribution is 0.0574. The Morgan fingerprint density at radius 3 is 2.14 bits per heavy atom. The van der Waals surface area contributed by atoms with Crippen LogP contribution in [0.3, 0.4) is 0 Å². The fourth-order valence-electron chi connectivity index (χ4n) is 2.08. The summed E-state index contributed by atoms with van der Waals surface area (Å²) in [6.07, 6.45) is 0.0896. The summed E-state index contributed by atoms with van der Waals surface area (Å²) >= 11 is 23.9. The zero-order valence-electron chi connectivity index (χ0n) is 10.9. The molecule has 2 rings (SSSR count). The summed E-state index contributed by atoms with van der Waals surface area (Å²) in [4.78, 5) is 0. The molecule has 0 saturated carbocycles. The zero-order valence-corrected chi connectivity index (χ0v) is 14.0. The Hall–Kier alpha value is -0.510. The maximum Gasteiger partial charge on any atom is 0.142 e. The summed E-state index contributed by atoms with van der Waals surface area (Å²) in [6.45, 7) is 1.52. The van der Waals surface area contributed by atoms with Gasteiger partial charge in [-0.2, -0.15) is 0 Å². The van der Waals surface area contributed by atoms with E-state index in [1.54, 1.807) is 18.2 Å². The fourth-order valence-corrected chi connectivity index (χ4v) is 3.19. The Morgan fingerprint density at radius 2 is 1.57 bits per heavy atom. The van der Waals surface area contributed by atoms with E-state index < -0.39 is 11.4 Å². The van der Waals surface area contributed by atoms with Crippen LogP contribution in [0.5, 0.6) is 0 Å². The van der Waals surface area contributed by atoms with Gasteiger partial charge in [-0.05, 0) is 36.8 Å². The fraction of sp³-hybridized carbons (Fsp3) is 0.200. The van der Waals surface area contributed by atoms with Crippen molar-refractivity contribution < 1.29 is 9.50 Å². The minimum Gasteiger partial charge on any atom is -0.385 e. The third kappa shape index (κ3) is 3.64. The first-order chi connectivity index (χ1) is 9.72. The van der Waals surface area contributed by atoms with Crippen molar-refractivity contribution in [3.63, 3.8) is 0 Å². The van der Waals surface area contributed by atoms with Gasteiger partial charge in [0.05, 0.1) is 10.6 Å². The lowest BCUT2D eigenvalue weighted by Crippen LogP contribution is -2.25. The average Bonchev–Trinajstić information content (AvgIpc) is 2.38. The van der Waals surface area contributed by atoms with Crippen LogP contribution in [0.4, 0.5) is 4.39 Å². The molecule has 21 heavy (non-hydrogen) atoms. The molecule has 0 heterocycles. The molecule has 2 aromatic carbocycles. The largest absolute Gasteiger partial charge is 0.385 e. The molecule has 0 aliphatic rings. The molecule has 6 heteroatoms. The minimum absolute atomic E-state index is 0.0896. The van der Waals surface area contributed by atoms with Gasteiger partial charge in [-0.3, -0.25) is 0 Å². The van der Waals surface area contributed by atoms with Crippen LogP contribution < -0.4 is 0 Å². The van der Waals surface area contributed by atoms with E-state index in [1.807, 2.05) is 0 Å². The van der Waals surface area contributed by atoms with Crippen molar-refractivity contribution in [3.8, 4) is 0 Å². The molecule has 0 aliphatic heterocycles. The van der Waals surface area contributed by atoms with Gasteiger partial charge in [-0.1, -0.05) is 52.5 Å². The van der Waals surface area contributed by atoms with Crippen LogP contribution >= 0.6 is 46.4 Å². The molecule has 0 fully saturated rings. The second kappa shape index (κ2) is 6.31. The van der Waals surface area contributed by atoms with Crippen LogP contribution in [0.2, 0.25) is 20.1 Å². The third-order valence-electron chi connectivity index (χ3n) is 3.17. The maximum absolute atomic E-state index is 13.6. The molecule has 0 radical (unpaired) electrons. The molecule has 1 nitrogen and oxygen atoms in total. The predicted molar refractivity (Wildman–Crippen MR) is 86.2 cm³/mol. The summed E-state index contributed by atoms with van der Waals surface area (Å²) < 4.78 is 13.6. The Morgan fingerprint density at radius 1 is 1.00 bits per heavy atom. The number of halogens is 5. The van der Waals surface area contributed by atoms with Gasteiger partial charge in [-0.15, -0.1) is 0 Å². The molecule has 0 bridgehead atoms. The quantitative estimate of drug-likeness (QED) is 0.670. The lowest BCUT2D eigenvalue weighted by atomic mass is 9.89. The van der Waals surface area contributed by atoms with Gasteiger partial charge in [0.1, 0.15) is 5.82 Å². The molecule has 0 amide bonds. The number of aliphatic hydroxyl groups is 1. The number of benzene rings is 2. The molecular formula is C15H11Cl4FO. The molecule has 1 N–H and O–H groups in total. The lowest BCUT2D eigenvalue weighted by Gasteiger charge is -2.26. The summed E-state index contributed by atoms with van der Waals surface area (Å²) in [5.74, 6) is -0.651. The second-order valence-electron chi connectivity index (χ2n) is 4.90. The molecular weight excluding hydrogens is 357 g/mol. The van der Waals surface area contributed by atoms with E-state index in [-0.39, 0.29) is 22.0 Å². The SMILES string of the molecule is CC(O)(Cc1c(Cl)cccc1Cl)c1cc(F)c(Cl)cc1Cl. The van der Waals surface area contributed by atoms with Gasteiger partial charge in [-0.25, -0.2) is 4.39 Å². The summed E-state index contributed by atoms with van der Waals surface area (Å²) in [6, 6.07) is 7.43. The number of hydrogen-bond acceptors (Lipinski definition) is 1. The van der Waals surface area contributed by atoms with Gasteiger partial charge in [0.25, 0.3) is 0 Å². The van der Waals surface area contributed by atoms with Crippen molar-refractivity contribution in [1.82, 2.24) is 0 Å². The maximum atomic E-state index is 13.6. The normalized spacial score (nSPS) is 14.0. The Kier molecular flexibility index (Phi) is 5.07. The monoisotopic (exact) mass is 366 g/mol.